The molecule has 3 amide bonds. The number of aliphatic hydroxyl groups is 1. The quantitative estimate of drug-likeness (QED) is 0.361. The molecule has 2 aromatic rings. The third-order valence-electron chi connectivity index (χ3n) is 7.29. The second kappa shape index (κ2) is 13.1. The van der Waals surface area contributed by atoms with E-state index < -0.39 is 18.1 Å². The second-order valence-corrected chi connectivity index (χ2v) is 11.2. The zero-order valence-corrected chi connectivity index (χ0v) is 23.2. The van der Waals surface area contributed by atoms with Gasteiger partial charge in [0, 0.05) is 42.7 Å². The maximum Gasteiger partial charge on any atom is 0.251 e. The Hall–Kier alpha value is -3.39. The highest BCUT2D eigenvalue weighted by Crippen LogP contribution is 2.29. The van der Waals surface area contributed by atoms with E-state index in [0.717, 1.165) is 24.8 Å². The van der Waals surface area contributed by atoms with Crippen molar-refractivity contribution in [2.45, 2.75) is 77.5 Å². The first-order valence-corrected chi connectivity index (χ1v) is 14.1. The Kier molecular flexibility index (Phi) is 9.62. The van der Waals surface area contributed by atoms with Gasteiger partial charge in [0.15, 0.2) is 0 Å². The van der Waals surface area contributed by atoms with Gasteiger partial charge in [-0.1, -0.05) is 37.3 Å². The molecule has 0 bridgehead atoms. The topological polar surface area (TPSA) is 108 Å². The number of carbonyl (C=O) groups is 3. The number of benzene rings is 2. The predicted octanol–water partition coefficient (Wildman–Crippen LogP) is 3.86. The number of rotatable bonds is 13. The summed E-state index contributed by atoms with van der Waals surface area (Å²) < 4.78 is 5.90. The average Bonchev–Trinajstić information content (AvgIpc) is 3.64. The molecule has 1 aliphatic heterocycles. The van der Waals surface area contributed by atoms with Gasteiger partial charge in [0.25, 0.3) is 5.91 Å². The van der Waals surface area contributed by atoms with E-state index in [1.54, 1.807) is 30.0 Å². The molecule has 0 aromatic heterocycles. The second-order valence-electron chi connectivity index (χ2n) is 11.2. The van der Waals surface area contributed by atoms with Crippen molar-refractivity contribution in [1.29, 1.82) is 0 Å². The van der Waals surface area contributed by atoms with Crippen LogP contribution in [0.25, 0.3) is 0 Å². The molecule has 1 saturated carbocycles. The van der Waals surface area contributed by atoms with Crippen molar-refractivity contribution in [1.82, 2.24) is 10.6 Å². The van der Waals surface area contributed by atoms with Crippen LogP contribution < -0.4 is 20.3 Å². The van der Waals surface area contributed by atoms with Gasteiger partial charge in [0.1, 0.15) is 5.75 Å². The lowest BCUT2D eigenvalue weighted by Gasteiger charge is -2.27. The van der Waals surface area contributed by atoms with Crippen LogP contribution in [0, 0.1) is 11.8 Å². The van der Waals surface area contributed by atoms with Gasteiger partial charge in [-0.15, -0.1) is 0 Å². The SMILES string of the molecule is CC(C)Oc1cc(C(=O)N[C@@H](Cc2ccccc2)[C@@H](O)CC(C)C(=O)NCC2CC2)cc(N2CCCC2=O)c1. The van der Waals surface area contributed by atoms with E-state index in [9.17, 15) is 19.5 Å². The summed E-state index contributed by atoms with van der Waals surface area (Å²) in [7, 11) is 0. The Labute approximate surface area is 231 Å². The Morgan fingerprint density at radius 1 is 1.10 bits per heavy atom. The van der Waals surface area contributed by atoms with E-state index in [-0.39, 0.29) is 30.2 Å². The largest absolute Gasteiger partial charge is 0.491 e. The van der Waals surface area contributed by atoms with Crippen molar-refractivity contribution in [3.63, 3.8) is 0 Å². The van der Waals surface area contributed by atoms with Crippen molar-refractivity contribution >= 4 is 23.4 Å². The van der Waals surface area contributed by atoms with Gasteiger partial charge in [0.2, 0.25) is 11.8 Å². The summed E-state index contributed by atoms with van der Waals surface area (Å²) in [5.41, 5.74) is 1.94. The highest BCUT2D eigenvalue weighted by atomic mass is 16.5. The molecule has 2 fully saturated rings. The fourth-order valence-electron chi connectivity index (χ4n) is 4.91. The van der Waals surface area contributed by atoms with Crippen LogP contribution in [-0.2, 0) is 16.0 Å². The number of amides is 3. The number of aliphatic hydroxyl groups excluding tert-OH is 1. The molecule has 8 heteroatoms. The van der Waals surface area contributed by atoms with Crippen LogP contribution in [0.4, 0.5) is 5.69 Å². The summed E-state index contributed by atoms with van der Waals surface area (Å²) in [6.45, 7) is 6.89. The smallest absolute Gasteiger partial charge is 0.251 e. The molecule has 0 spiro atoms. The van der Waals surface area contributed by atoms with Gasteiger partial charge < -0.3 is 25.4 Å². The van der Waals surface area contributed by atoms with Crippen molar-refractivity contribution in [2.24, 2.45) is 11.8 Å². The van der Waals surface area contributed by atoms with Crippen LogP contribution in [0.5, 0.6) is 5.75 Å². The minimum absolute atomic E-state index is 0.0226. The summed E-state index contributed by atoms with van der Waals surface area (Å²) in [5.74, 6) is 0.256. The fraction of sp³-hybridized carbons (Fsp3) is 0.516. The third-order valence-corrected chi connectivity index (χ3v) is 7.29. The van der Waals surface area contributed by atoms with E-state index in [2.05, 4.69) is 10.6 Å². The van der Waals surface area contributed by atoms with Crippen LogP contribution in [-0.4, -0.2) is 54.2 Å². The maximum absolute atomic E-state index is 13.6. The van der Waals surface area contributed by atoms with Gasteiger partial charge in [-0.3, -0.25) is 14.4 Å². The lowest BCUT2D eigenvalue weighted by Crippen LogP contribution is -2.46. The van der Waals surface area contributed by atoms with Gasteiger partial charge in [-0.05, 0) is 69.6 Å². The first kappa shape index (κ1) is 28.6. The molecule has 4 rings (SSSR count). The molecule has 2 aliphatic rings. The van der Waals surface area contributed by atoms with E-state index in [0.29, 0.717) is 48.8 Å². The minimum Gasteiger partial charge on any atom is -0.491 e. The number of ether oxygens (including phenoxy) is 1. The molecule has 3 atom stereocenters. The van der Waals surface area contributed by atoms with Crippen molar-refractivity contribution in [3.05, 3.63) is 59.7 Å². The van der Waals surface area contributed by atoms with E-state index >= 15 is 0 Å². The molecule has 8 nitrogen and oxygen atoms in total. The van der Waals surface area contributed by atoms with Crippen molar-refractivity contribution in [2.75, 3.05) is 18.0 Å². The summed E-state index contributed by atoms with van der Waals surface area (Å²) in [4.78, 5) is 40.3. The highest BCUT2D eigenvalue weighted by molar-refractivity contribution is 5.99. The summed E-state index contributed by atoms with van der Waals surface area (Å²) in [6.07, 6.45) is 3.14. The lowest BCUT2D eigenvalue weighted by atomic mass is 9.93. The zero-order valence-electron chi connectivity index (χ0n) is 23.2. The van der Waals surface area contributed by atoms with Crippen LogP contribution in [0.1, 0.15) is 68.8 Å². The number of anilines is 1. The van der Waals surface area contributed by atoms with Crippen LogP contribution in [0.2, 0.25) is 0 Å². The predicted molar refractivity (Wildman–Crippen MR) is 151 cm³/mol. The van der Waals surface area contributed by atoms with Gasteiger partial charge in [-0.2, -0.15) is 0 Å². The molecule has 1 aliphatic carbocycles. The van der Waals surface area contributed by atoms with Gasteiger partial charge in [-0.25, -0.2) is 0 Å². The van der Waals surface area contributed by atoms with E-state index in [1.165, 1.54) is 0 Å². The molecule has 3 N–H and O–H groups in total. The normalized spacial score (nSPS) is 17.6. The number of nitrogens with zero attached hydrogens (tertiary/aromatic N) is 1. The molecular formula is C31H41N3O5. The molecule has 2 aromatic carbocycles. The molecule has 1 heterocycles. The molecule has 1 unspecified atom stereocenters. The summed E-state index contributed by atoms with van der Waals surface area (Å²) >= 11 is 0. The number of nitrogens with one attached hydrogen (secondary N) is 2. The maximum atomic E-state index is 13.6. The van der Waals surface area contributed by atoms with Gasteiger partial charge in [0.05, 0.1) is 18.2 Å². The Morgan fingerprint density at radius 3 is 2.49 bits per heavy atom. The summed E-state index contributed by atoms with van der Waals surface area (Å²) in [6, 6.07) is 14.2. The standard InChI is InChI=1S/C31H41N3O5/c1-20(2)39-26-17-24(16-25(18-26)34-13-7-10-29(34)36)31(38)33-27(15-22-8-5-4-6-9-22)28(35)14-21(3)30(37)32-19-23-11-12-23/h4-6,8-9,16-18,20-21,23,27-28,35H,7,10-15,19H2,1-3H3,(H,32,37)(H,33,38)/t21?,27-,28-/m0/s1. The monoisotopic (exact) mass is 535 g/mol. The van der Waals surface area contributed by atoms with Crippen molar-refractivity contribution in [3.8, 4) is 5.75 Å². The number of hydrogen-bond donors (Lipinski definition) is 3. The first-order chi connectivity index (χ1) is 18.7. The van der Waals surface area contributed by atoms with Crippen LogP contribution in [0.3, 0.4) is 0 Å². The Morgan fingerprint density at radius 2 is 1.85 bits per heavy atom. The minimum atomic E-state index is -0.939. The van der Waals surface area contributed by atoms with Crippen LogP contribution >= 0.6 is 0 Å². The van der Waals surface area contributed by atoms with E-state index in [4.69, 9.17) is 4.74 Å². The average molecular weight is 536 g/mol. The zero-order chi connectivity index (χ0) is 27.9. The number of carbonyl (C=O) groups excluding carboxylic acids is 3. The van der Waals surface area contributed by atoms with Crippen LogP contribution in [0.15, 0.2) is 48.5 Å². The Bertz CT molecular complexity index is 1150. The molecular weight excluding hydrogens is 494 g/mol. The van der Waals surface area contributed by atoms with E-state index in [1.807, 2.05) is 44.2 Å². The highest BCUT2D eigenvalue weighted by Gasteiger charge is 2.29. The molecule has 39 heavy (non-hydrogen) atoms. The molecule has 210 valence electrons. The fourth-order valence-corrected chi connectivity index (χ4v) is 4.91. The molecule has 0 radical (unpaired) electrons. The first-order valence-electron chi connectivity index (χ1n) is 14.1. The lowest BCUT2D eigenvalue weighted by molar-refractivity contribution is -0.125. The number of hydrogen-bond acceptors (Lipinski definition) is 5. The van der Waals surface area contributed by atoms with Gasteiger partial charge >= 0.3 is 0 Å². The third kappa shape index (κ3) is 8.30. The Balaban J connectivity index is 1.52. The summed E-state index contributed by atoms with van der Waals surface area (Å²) in [5, 5.41) is 17.2. The van der Waals surface area contributed by atoms with Crippen molar-refractivity contribution < 1.29 is 24.2 Å². The molecule has 1 saturated heterocycles.